The summed E-state index contributed by atoms with van der Waals surface area (Å²) < 4.78 is 0. The summed E-state index contributed by atoms with van der Waals surface area (Å²) in [6.45, 7) is 1.10. The maximum absolute atomic E-state index is 5.85. The smallest absolute Gasteiger partial charge is 0.223 e. The van der Waals surface area contributed by atoms with Crippen molar-refractivity contribution < 1.29 is 0 Å². The van der Waals surface area contributed by atoms with Gasteiger partial charge in [-0.25, -0.2) is 4.98 Å². The number of nitrogens with zero attached hydrogens (tertiary/aromatic N) is 3. The van der Waals surface area contributed by atoms with E-state index in [9.17, 15) is 0 Å². The number of fused-ring (bicyclic) bond motifs is 3. The highest BCUT2D eigenvalue weighted by Gasteiger charge is 2.39. The second kappa shape index (κ2) is 4.58. The van der Waals surface area contributed by atoms with Crippen molar-refractivity contribution in [2.24, 2.45) is 17.8 Å². The van der Waals surface area contributed by atoms with Crippen LogP contribution in [0.1, 0.15) is 25.7 Å². The van der Waals surface area contributed by atoms with Crippen molar-refractivity contribution in [3.63, 3.8) is 0 Å². The number of hydrogen-bond acceptors (Lipinski definition) is 5. The molecule has 2 heterocycles. The van der Waals surface area contributed by atoms with Gasteiger partial charge in [0.05, 0.1) is 5.39 Å². The van der Waals surface area contributed by atoms with Gasteiger partial charge in [-0.05, 0) is 48.5 Å². The summed E-state index contributed by atoms with van der Waals surface area (Å²) in [6.07, 6.45) is 5.75. The lowest BCUT2D eigenvalue weighted by Gasteiger charge is -2.28. The van der Waals surface area contributed by atoms with E-state index in [1.165, 1.54) is 25.7 Å². The largest absolute Gasteiger partial charge is 0.368 e. The second-order valence-corrected chi connectivity index (χ2v) is 7.25. The van der Waals surface area contributed by atoms with Crippen LogP contribution in [-0.4, -0.2) is 23.6 Å². The van der Waals surface area contributed by atoms with Crippen molar-refractivity contribution in [3.8, 4) is 0 Å². The second-order valence-electron chi connectivity index (χ2n) is 6.36. The van der Waals surface area contributed by atoms with Crippen LogP contribution < -0.4 is 10.6 Å². The van der Waals surface area contributed by atoms with Gasteiger partial charge < -0.3 is 10.6 Å². The van der Waals surface area contributed by atoms with E-state index in [4.69, 9.17) is 5.73 Å². The molecular formula is C15H20N4S. The minimum absolute atomic E-state index is 0.384. The molecule has 2 fully saturated rings. The highest BCUT2D eigenvalue weighted by atomic mass is 32.1. The van der Waals surface area contributed by atoms with E-state index < -0.39 is 0 Å². The minimum Gasteiger partial charge on any atom is -0.368 e. The lowest BCUT2D eigenvalue weighted by molar-refractivity contribution is 0.337. The molecule has 0 amide bonds. The average Bonchev–Trinajstić information content (AvgIpc) is 3.12. The first kappa shape index (κ1) is 12.4. The number of hydrogen-bond donors (Lipinski definition) is 1. The van der Waals surface area contributed by atoms with Gasteiger partial charge in [-0.3, -0.25) is 0 Å². The van der Waals surface area contributed by atoms with Crippen LogP contribution in [0.15, 0.2) is 11.4 Å². The Bertz CT molecular complexity index is 638. The van der Waals surface area contributed by atoms with Crippen molar-refractivity contribution in [1.82, 2.24) is 9.97 Å². The normalized spacial score (nSPS) is 28.4. The van der Waals surface area contributed by atoms with Crippen LogP contribution in [0.4, 0.5) is 11.8 Å². The Balaban J connectivity index is 1.60. The Morgan fingerprint density at radius 2 is 2.25 bits per heavy atom. The molecule has 4 rings (SSSR count). The monoisotopic (exact) mass is 288 g/mol. The Hall–Kier alpha value is -1.36. The molecular weight excluding hydrogens is 268 g/mol. The number of nitrogens with two attached hydrogens (primary N) is 1. The molecule has 2 saturated carbocycles. The van der Waals surface area contributed by atoms with Crippen LogP contribution in [0, 0.1) is 17.8 Å². The summed E-state index contributed by atoms with van der Waals surface area (Å²) in [5.41, 5.74) is 5.85. The Morgan fingerprint density at radius 1 is 1.35 bits per heavy atom. The number of nitrogen functional groups attached to an aromatic ring is 1. The molecule has 0 spiro atoms. The number of thiophene rings is 1. The topological polar surface area (TPSA) is 55.0 Å². The number of rotatable bonds is 3. The van der Waals surface area contributed by atoms with Gasteiger partial charge in [-0.15, -0.1) is 11.3 Å². The molecule has 20 heavy (non-hydrogen) atoms. The van der Waals surface area contributed by atoms with E-state index >= 15 is 0 Å². The summed E-state index contributed by atoms with van der Waals surface area (Å²) in [5.74, 6) is 4.16. The van der Waals surface area contributed by atoms with Crippen molar-refractivity contribution in [3.05, 3.63) is 11.4 Å². The van der Waals surface area contributed by atoms with Crippen LogP contribution in [-0.2, 0) is 0 Å². The maximum Gasteiger partial charge on any atom is 0.223 e. The highest BCUT2D eigenvalue weighted by Crippen LogP contribution is 2.48. The van der Waals surface area contributed by atoms with Gasteiger partial charge in [0.15, 0.2) is 0 Å². The zero-order chi connectivity index (χ0) is 13.7. The fourth-order valence-corrected chi connectivity index (χ4v) is 4.95. The summed E-state index contributed by atoms with van der Waals surface area (Å²) in [5, 5.41) is 3.20. The molecule has 106 valence electrons. The van der Waals surface area contributed by atoms with Crippen LogP contribution in [0.2, 0.25) is 0 Å². The van der Waals surface area contributed by atoms with Gasteiger partial charge in [0.25, 0.3) is 0 Å². The third-order valence-electron chi connectivity index (χ3n) is 5.08. The molecule has 0 aromatic carbocycles. The molecule has 2 aromatic heterocycles. The fourth-order valence-electron chi connectivity index (χ4n) is 4.19. The third kappa shape index (κ3) is 1.95. The van der Waals surface area contributed by atoms with E-state index in [0.29, 0.717) is 5.95 Å². The van der Waals surface area contributed by atoms with Crippen LogP contribution >= 0.6 is 11.3 Å². The molecule has 0 saturated heterocycles. The third-order valence-corrected chi connectivity index (χ3v) is 5.88. The summed E-state index contributed by atoms with van der Waals surface area (Å²) in [6, 6.07) is 2.10. The van der Waals surface area contributed by atoms with Gasteiger partial charge in [0.2, 0.25) is 5.95 Å². The van der Waals surface area contributed by atoms with E-state index in [2.05, 4.69) is 33.4 Å². The predicted molar refractivity (Wildman–Crippen MR) is 84.0 cm³/mol. The first-order chi connectivity index (χ1) is 9.70. The van der Waals surface area contributed by atoms with E-state index in [0.717, 1.165) is 40.3 Å². The SMILES string of the molecule is CN(CC1CC2CCC1C2)c1nc(N)nc2sccc12. The van der Waals surface area contributed by atoms with Gasteiger partial charge in [-0.1, -0.05) is 6.42 Å². The fraction of sp³-hybridized carbons (Fsp3) is 0.600. The van der Waals surface area contributed by atoms with Gasteiger partial charge >= 0.3 is 0 Å². The molecule has 3 atom stereocenters. The molecule has 2 bridgehead atoms. The van der Waals surface area contributed by atoms with Crippen molar-refractivity contribution in [1.29, 1.82) is 0 Å². The molecule has 2 aliphatic rings. The highest BCUT2D eigenvalue weighted by molar-refractivity contribution is 7.16. The van der Waals surface area contributed by atoms with Crippen LogP contribution in [0.25, 0.3) is 10.2 Å². The number of aromatic nitrogens is 2. The lowest BCUT2D eigenvalue weighted by Crippen LogP contribution is -2.29. The standard InChI is InChI=1S/C15H20N4S/c1-19(8-11-7-9-2-3-10(11)6-9)13-12-4-5-20-14(12)18-15(16)17-13/h4-5,9-11H,2-3,6-8H2,1H3,(H2,16,17,18). The summed E-state index contributed by atoms with van der Waals surface area (Å²) in [4.78, 5) is 12.1. The van der Waals surface area contributed by atoms with Gasteiger partial charge in [-0.2, -0.15) is 4.98 Å². The Morgan fingerprint density at radius 3 is 3.00 bits per heavy atom. The van der Waals surface area contributed by atoms with Crippen molar-refractivity contribution in [2.45, 2.75) is 25.7 Å². The summed E-state index contributed by atoms with van der Waals surface area (Å²) >= 11 is 1.63. The molecule has 4 nitrogen and oxygen atoms in total. The molecule has 3 unspecified atom stereocenters. The Kier molecular flexibility index (Phi) is 2.84. The molecule has 0 radical (unpaired) electrons. The predicted octanol–water partition coefficient (Wildman–Crippen LogP) is 3.15. The zero-order valence-corrected chi connectivity index (χ0v) is 12.6. The molecule has 0 aliphatic heterocycles. The molecule has 2 aromatic rings. The molecule has 2 N–H and O–H groups in total. The Labute approximate surface area is 123 Å². The van der Waals surface area contributed by atoms with Crippen LogP contribution in [0.3, 0.4) is 0 Å². The minimum atomic E-state index is 0.384. The average molecular weight is 288 g/mol. The maximum atomic E-state index is 5.85. The van der Waals surface area contributed by atoms with Gasteiger partial charge in [0, 0.05) is 13.6 Å². The molecule has 5 heteroatoms. The van der Waals surface area contributed by atoms with E-state index in [-0.39, 0.29) is 0 Å². The number of anilines is 2. The van der Waals surface area contributed by atoms with Gasteiger partial charge in [0.1, 0.15) is 10.6 Å². The summed E-state index contributed by atoms with van der Waals surface area (Å²) in [7, 11) is 2.14. The van der Waals surface area contributed by atoms with Crippen molar-refractivity contribution >= 4 is 33.3 Å². The molecule has 2 aliphatic carbocycles. The lowest BCUT2D eigenvalue weighted by atomic mass is 9.88. The van der Waals surface area contributed by atoms with E-state index in [1.807, 2.05) is 0 Å². The first-order valence-corrected chi connectivity index (χ1v) is 8.30. The van der Waals surface area contributed by atoms with Crippen LogP contribution in [0.5, 0.6) is 0 Å². The van der Waals surface area contributed by atoms with Crippen molar-refractivity contribution in [2.75, 3.05) is 24.2 Å². The zero-order valence-electron chi connectivity index (χ0n) is 11.7. The first-order valence-electron chi connectivity index (χ1n) is 7.42. The quantitative estimate of drug-likeness (QED) is 0.942. The van der Waals surface area contributed by atoms with E-state index in [1.54, 1.807) is 11.3 Å².